The van der Waals surface area contributed by atoms with Crippen molar-refractivity contribution in [1.82, 2.24) is 0 Å². The predicted molar refractivity (Wildman–Crippen MR) is 41.1 cm³/mol. The maximum atomic E-state index is 10.3. The number of hydrogen-bond donors (Lipinski definition) is 1. The van der Waals surface area contributed by atoms with Gasteiger partial charge in [-0.1, -0.05) is 0 Å². The average molecular weight is 151 g/mol. The number of nitrogens with zero attached hydrogens (tertiary/aromatic N) is 1. The van der Waals surface area contributed by atoms with E-state index in [-0.39, 0.29) is 11.4 Å². The zero-order valence-electron chi connectivity index (χ0n) is 6.00. The summed E-state index contributed by atoms with van der Waals surface area (Å²) in [5.41, 5.74) is 6.13. The van der Waals surface area contributed by atoms with Crippen LogP contribution < -0.4 is 5.73 Å². The van der Waals surface area contributed by atoms with Crippen molar-refractivity contribution in [3.63, 3.8) is 0 Å². The lowest BCUT2D eigenvalue weighted by atomic mass is 10.2. The highest BCUT2D eigenvalue weighted by molar-refractivity contribution is 5.58. The standard InChI is InChI=1S/C7H7N2O2/c1-5-2-3-6(8)7(4-5)9(10)11/h3-4H,8H2,1H3. The van der Waals surface area contributed by atoms with Gasteiger partial charge in [0.15, 0.2) is 0 Å². The fraction of sp³-hybridized carbons (Fsp3) is 0.143. The molecule has 0 aliphatic carbocycles. The zero-order valence-corrected chi connectivity index (χ0v) is 6.00. The summed E-state index contributed by atoms with van der Waals surface area (Å²) in [5, 5.41) is 10.3. The number of benzene rings is 1. The summed E-state index contributed by atoms with van der Waals surface area (Å²) in [6, 6.07) is 5.57. The second kappa shape index (κ2) is 2.57. The average Bonchev–Trinajstić information content (AvgIpc) is 1.94. The molecule has 0 fully saturated rings. The Kier molecular flexibility index (Phi) is 1.76. The molecule has 0 spiro atoms. The van der Waals surface area contributed by atoms with Crippen molar-refractivity contribution in [2.45, 2.75) is 6.92 Å². The topological polar surface area (TPSA) is 69.2 Å². The van der Waals surface area contributed by atoms with Crippen LogP contribution in [0.5, 0.6) is 0 Å². The minimum atomic E-state index is -0.504. The van der Waals surface area contributed by atoms with Crippen molar-refractivity contribution >= 4 is 11.4 Å². The quantitative estimate of drug-likeness (QED) is 0.373. The Morgan fingerprint density at radius 3 is 2.82 bits per heavy atom. The first kappa shape index (κ1) is 7.53. The van der Waals surface area contributed by atoms with E-state index in [1.165, 1.54) is 12.1 Å². The third kappa shape index (κ3) is 1.46. The van der Waals surface area contributed by atoms with Crippen LogP contribution in [0.25, 0.3) is 0 Å². The Bertz CT molecular complexity index is 296. The van der Waals surface area contributed by atoms with Crippen LogP contribution in [0.3, 0.4) is 0 Å². The van der Waals surface area contributed by atoms with Crippen molar-refractivity contribution in [3.05, 3.63) is 33.9 Å². The van der Waals surface area contributed by atoms with Crippen LogP contribution in [0.2, 0.25) is 0 Å². The highest BCUT2D eigenvalue weighted by Gasteiger charge is 2.09. The van der Waals surface area contributed by atoms with E-state index in [1.54, 1.807) is 6.92 Å². The highest BCUT2D eigenvalue weighted by atomic mass is 16.6. The largest absolute Gasteiger partial charge is 0.393 e. The number of nitro groups is 1. The molecule has 4 nitrogen and oxygen atoms in total. The molecule has 0 aliphatic rings. The van der Waals surface area contributed by atoms with Gasteiger partial charge in [0.2, 0.25) is 0 Å². The van der Waals surface area contributed by atoms with Gasteiger partial charge in [-0.2, -0.15) is 0 Å². The number of nitrogens with two attached hydrogens (primary N) is 1. The molecule has 0 bridgehead atoms. The Morgan fingerprint density at radius 1 is 1.73 bits per heavy atom. The summed E-state index contributed by atoms with van der Waals surface area (Å²) in [7, 11) is 0. The number of nitro benzene ring substituents is 1. The van der Waals surface area contributed by atoms with E-state index >= 15 is 0 Å². The van der Waals surface area contributed by atoms with E-state index in [9.17, 15) is 10.1 Å². The van der Waals surface area contributed by atoms with Gasteiger partial charge >= 0.3 is 0 Å². The molecule has 0 saturated heterocycles. The Balaban J connectivity index is 3.23. The normalized spacial score (nSPS) is 9.55. The van der Waals surface area contributed by atoms with E-state index in [0.29, 0.717) is 5.56 Å². The molecule has 1 aromatic carbocycles. The Labute approximate surface area is 63.8 Å². The molecule has 2 N–H and O–H groups in total. The number of nitrogen functional groups attached to an aromatic ring is 1. The number of rotatable bonds is 1. The molecule has 11 heavy (non-hydrogen) atoms. The van der Waals surface area contributed by atoms with E-state index in [0.717, 1.165) is 0 Å². The van der Waals surface area contributed by atoms with Gasteiger partial charge in [-0.05, 0) is 24.6 Å². The van der Waals surface area contributed by atoms with Gasteiger partial charge in [0.25, 0.3) is 5.69 Å². The third-order valence-corrected chi connectivity index (χ3v) is 1.30. The zero-order chi connectivity index (χ0) is 8.43. The smallest absolute Gasteiger partial charge is 0.292 e. The molecule has 0 heterocycles. The first-order valence-corrected chi connectivity index (χ1v) is 3.03. The lowest BCUT2D eigenvalue weighted by molar-refractivity contribution is -0.383. The van der Waals surface area contributed by atoms with E-state index in [4.69, 9.17) is 5.73 Å². The van der Waals surface area contributed by atoms with E-state index in [2.05, 4.69) is 6.07 Å². The van der Waals surface area contributed by atoms with Crippen LogP contribution >= 0.6 is 0 Å². The number of aryl methyl sites for hydroxylation is 1. The lowest BCUT2D eigenvalue weighted by Gasteiger charge is -1.96. The minimum absolute atomic E-state index is 0.0544. The number of hydrogen-bond acceptors (Lipinski definition) is 3. The molecule has 1 rings (SSSR count). The molecule has 1 aromatic rings. The van der Waals surface area contributed by atoms with Crippen LogP contribution in [0.15, 0.2) is 12.1 Å². The molecule has 0 aromatic heterocycles. The fourth-order valence-electron chi connectivity index (χ4n) is 0.754. The van der Waals surface area contributed by atoms with Gasteiger partial charge in [0.05, 0.1) is 4.92 Å². The summed E-state index contributed by atoms with van der Waals surface area (Å²) in [5.74, 6) is 0. The molecule has 0 atom stereocenters. The first-order chi connectivity index (χ1) is 5.11. The van der Waals surface area contributed by atoms with E-state index in [1.807, 2.05) is 0 Å². The molecule has 0 amide bonds. The van der Waals surface area contributed by atoms with Gasteiger partial charge in [-0.15, -0.1) is 0 Å². The van der Waals surface area contributed by atoms with Crippen LogP contribution in [0, 0.1) is 23.1 Å². The molecular formula is C7H7N2O2. The van der Waals surface area contributed by atoms with Gasteiger partial charge in [0.1, 0.15) is 5.69 Å². The lowest BCUT2D eigenvalue weighted by Crippen LogP contribution is -1.95. The molecular weight excluding hydrogens is 144 g/mol. The van der Waals surface area contributed by atoms with Crippen LogP contribution in [0.1, 0.15) is 5.56 Å². The summed E-state index contributed by atoms with van der Waals surface area (Å²) in [4.78, 5) is 9.78. The Hall–Kier alpha value is -1.58. The Morgan fingerprint density at radius 2 is 2.36 bits per heavy atom. The minimum Gasteiger partial charge on any atom is -0.393 e. The van der Waals surface area contributed by atoms with Gasteiger partial charge in [-0.25, -0.2) is 0 Å². The summed E-state index contributed by atoms with van der Waals surface area (Å²) < 4.78 is 0. The van der Waals surface area contributed by atoms with Crippen molar-refractivity contribution in [2.24, 2.45) is 0 Å². The maximum Gasteiger partial charge on any atom is 0.292 e. The van der Waals surface area contributed by atoms with Crippen molar-refractivity contribution in [3.8, 4) is 0 Å². The van der Waals surface area contributed by atoms with Gasteiger partial charge in [-0.3, -0.25) is 10.1 Å². The highest BCUT2D eigenvalue weighted by Crippen LogP contribution is 2.20. The summed E-state index contributed by atoms with van der Waals surface area (Å²) in [6.45, 7) is 1.73. The molecule has 4 heteroatoms. The van der Waals surface area contributed by atoms with Crippen molar-refractivity contribution in [2.75, 3.05) is 5.73 Å². The second-order valence-electron chi connectivity index (χ2n) is 2.21. The predicted octanol–water partition coefficient (Wildman–Crippen LogP) is 1.29. The van der Waals surface area contributed by atoms with Crippen LogP contribution in [-0.2, 0) is 0 Å². The van der Waals surface area contributed by atoms with Gasteiger partial charge in [0, 0.05) is 6.07 Å². The molecule has 0 aliphatic heterocycles. The SMILES string of the molecule is Cc1[c]cc(N)c([N+](=O)[O-])c1. The first-order valence-electron chi connectivity index (χ1n) is 3.03. The van der Waals surface area contributed by atoms with E-state index < -0.39 is 4.92 Å². The summed E-state index contributed by atoms with van der Waals surface area (Å²) >= 11 is 0. The van der Waals surface area contributed by atoms with Crippen molar-refractivity contribution < 1.29 is 4.92 Å². The molecule has 0 saturated carbocycles. The summed E-state index contributed by atoms with van der Waals surface area (Å²) in [6.07, 6.45) is 0. The molecule has 0 unspecified atom stereocenters. The fourth-order valence-corrected chi connectivity index (χ4v) is 0.754. The van der Waals surface area contributed by atoms with Crippen molar-refractivity contribution in [1.29, 1.82) is 0 Å². The van der Waals surface area contributed by atoms with Crippen LogP contribution in [-0.4, -0.2) is 4.92 Å². The van der Waals surface area contributed by atoms with Gasteiger partial charge < -0.3 is 5.73 Å². The third-order valence-electron chi connectivity index (χ3n) is 1.30. The second-order valence-corrected chi connectivity index (χ2v) is 2.21. The number of anilines is 1. The maximum absolute atomic E-state index is 10.3. The molecule has 57 valence electrons. The monoisotopic (exact) mass is 151 g/mol. The van der Waals surface area contributed by atoms with Crippen LogP contribution in [0.4, 0.5) is 11.4 Å². The molecule has 1 radical (unpaired) electrons.